The minimum atomic E-state index is -1.32. The van der Waals surface area contributed by atoms with E-state index in [1.165, 1.54) is 6.92 Å². The monoisotopic (exact) mass is 346 g/mol. The van der Waals surface area contributed by atoms with Crippen LogP contribution in [0, 0.1) is 5.92 Å². The smallest absolute Gasteiger partial charge is 0.325 e. The molecule has 0 heterocycles. The SMILES string of the molecule is CCC(C)C(N)C(=O)NCC(=O)NC(CO)C(=O)NC(C)C(=O)O. The Hall–Kier alpha value is -2.20. The molecule has 0 aliphatic rings. The number of carbonyl (C=O) groups excluding carboxylic acids is 3. The van der Waals surface area contributed by atoms with Crippen molar-refractivity contribution in [1.82, 2.24) is 16.0 Å². The maximum atomic E-state index is 11.7. The highest BCUT2D eigenvalue weighted by atomic mass is 16.4. The van der Waals surface area contributed by atoms with Crippen molar-refractivity contribution in [1.29, 1.82) is 0 Å². The van der Waals surface area contributed by atoms with Crippen LogP contribution in [0.3, 0.4) is 0 Å². The van der Waals surface area contributed by atoms with Gasteiger partial charge in [0, 0.05) is 0 Å². The maximum Gasteiger partial charge on any atom is 0.325 e. The van der Waals surface area contributed by atoms with Crippen molar-refractivity contribution >= 4 is 23.7 Å². The molecule has 0 aliphatic heterocycles. The second kappa shape index (κ2) is 10.6. The van der Waals surface area contributed by atoms with Gasteiger partial charge in [-0.25, -0.2) is 0 Å². The Labute approximate surface area is 140 Å². The predicted molar refractivity (Wildman–Crippen MR) is 84.7 cm³/mol. The molecule has 4 atom stereocenters. The number of aliphatic carboxylic acids is 1. The van der Waals surface area contributed by atoms with E-state index in [0.29, 0.717) is 6.42 Å². The molecule has 0 aromatic heterocycles. The molecule has 0 spiro atoms. The first-order valence-corrected chi connectivity index (χ1v) is 7.60. The molecular formula is C14H26N4O6. The molecule has 0 aliphatic carbocycles. The first kappa shape index (κ1) is 21.8. The van der Waals surface area contributed by atoms with Crippen LogP contribution in [-0.4, -0.2) is 65.2 Å². The summed E-state index contributed by atoms with van der Waals surface area (Å²) < 4.78 is 0. The van der Waals surface area contributed by atoms with E-state index < -0.39 is 55.0 Å². The van der Waals surface area contributed by atoms with Gasteiger partial charge < -0.3 is 31.9 Å². The third-order valence-corrected chi connectivity index (χ3v) is 3.55. The summed E-state index contributed by atoms with van der Waals surface area (Å²) in [6, 6.07) is -3.24. The first-order chi connectivity index (χ1) is 11.1. The number of amides is 3. The average Bonchev–Trinajstić information content (AvgIpc) is 2.55. The van der Waals surface area contributed by atoms with Gasteiger partial charge in [0.2, 0.25) is 17.7 Å². The third kappa shape index (κ3) is 7.38. The molecule has 138 valence electrons. The van der Waals surface area contributed by atoms with Gasteiger partial charge in [-0.2, -0.15) is 0 Å². The van der Waals surface area contributed by atoms with Gasteiger partial charge in [0.15, 0.2) is 0 Å². The van der Waals surface area contributed by atoms with Crippen LogP contribution in [0.4, 0.5) is 0 Å². The molecule has 0 bridgehead atoms. The number of aliphatic hydroxyl groups excluding tert-OH is 1. The Morgan fingerprint density at radius 3 is 2.12 bits per heavy atom. The molecule has 0 aromatic carbocycles. The van der Waals surface area contributed by atoms with Crippen molar-refractivity contribution in [2.75, 3.05) is 13.2 Å². The van der Waals surface area contributed by atoms with Crippen molar-refractivity contribution in [3.8, 4) is 0 Å². The number of hydrogen-bond acceptors (Lipinski definition) is 6. The molecule has 24 heavy (non-hydrogen) atoms. The van der Waals surface area contributed by atoms with Crippen molar-refractivity contribution < 1.29 is 29.4 Å². The summed E-state index contributed by atoms with van der Waals surface area (Å²) in [7, 11) is 0. The normalized spacial score (nSPS) is 15.5. The number of carboxylic acids is 1. The lowest BCUT2D eigenvalue weighted by atomic mass is 9.99. The van der Waals surface area contributed by atoms with E-state index in [4.69, 9.17) is 15.9 Å². The van der Waals surface area contributed by atoms with Crippen LogP contribution in [0.2, 0.25) is 0 Å². The van der Waals surface area contributed by atoms with E-state index in [1.54, 1.807) is 6.92 Å². The fourth-order valence-electron chi connectivity index (χ4n) is 1.61. The zero-order valence-corrected chi connectivity index (χ0v) is 14.0. The van der Waals surface area contributed by atoms with Crippen LogP contribution in [0.5, 0.6) is 0 Å². The summed E-state index contributed by atoms with van der Waals surface area (Å²) in [5, 5.41) is 24.5. The summed E-state index contributed by atoms with van der Waals surface area (Å²) in [5.74, 6) is -3.36. The molecule has 0 saturated heterocycles. The average molecular weight is 346 g/mol. The molecule has 3 amide bonds. The van der Waals surface area contributed by atoms with Crippen LogP contribution in [-0.2, 0) is 19.2 Å². The minimum Gasteiger partial charge on any atom is -0.480 e. The van der Waals surface area contributed by atoms with Gasteiger partial charge in [0.25, 0.3) is 0 Å². The summed E-state index contributed by atoms with van der Waals surface area (Å²) in [6.45, 7) is 3.80. The van der Waals surface area contributed by atoms with Crippen LogP contribution in [0.15, 0.2) is 0 Å². The summed E-state index contributed by atoms with van der Waals surface area (Å²) in [6.07, 6.45) is 0.704. The first-order valence-electron chi connectivity index (χ1n) is 7.60. The van der Waals surface area contributed by atoms with Crippen molar-refractivity contribution in [3.63, 3.8) is 0 Å². The highest BCUT2D eigenvalue weighted by Gasteiger charge is 2.24. The summed E-state index contributed by atoms with van der Waals surface area (Å²) >= 11 is 0. The van der Waals surface area contributed by atoms with Gasteiger partial charge in [-0.1, -0.05) is 20.3 Å². The summed E-state index contributed by atoms with van der Waals surface area (Å²) in [5.41, 5.74) is 5.71. The Morgan fingerprint density at radius 2 is 1.67 bits per heavy atom. The third-order valence-electron chi connectivity index (χ3n) is 3.55. The molecule has 0 saturated carbocycles. The number of carboxylic acid groups (broad SMARTS) is 1. The minimum absolute atomic E-state index is 0.0541. The number of nitrogens with one attached hydrogen (secondary N) is 3. The zero-order chi connectivity index (χ0) is 18.9. The van der Waals surface area contributed by atoms with Crippen molar-refractivity contribution in [2.45, 2.75) is 45.3 Å². The van der Waals surface area contributed by atoms with E-state index in [1.807, 2.05) is 6.92 Å². The zero-order valence-electron chi connectivity index (χ0n) is 14.0. The standard InChI is InChI=1S/C14H26N4O6/c1-4-7(2)11(15)13(22)16-5-10(20)18-9(6-19)12(21)17-8(3)14(23)24/h7-9,11,19H,4-6,15H2,1-3H3,(H,16,22)(H,17,21)(H,18,20)(H,23,24). The van der Waals surface area contributed by atoms with Crippen molar-refractivity contribution in [2.24, 2.45) is 11.7 Å². The topological polar surface area (TPSA) is 171 Å². The van der Waals surface area contributed by atoms with E-state index in [0.717, 1.165) is 0 Å². The van der Waals surface area contributed by atoms with Gasteiger partial charge >= 0.3 is 5.97 Å². The molecule has 10 nitrogen and oxygen atoms in total. The maximum absolute atomic E-state index is 11.7. The van der Waals surface area contributed by atoms with Crippen LogP contribution in [0.25, 0.3) is 0 Å². The summed E-state index contributed by atoms with van der Waals surface area (Å²) in [4.78, 5) is 45.9. The Balaban J connectivity index is 4.44. The molecule has 0 radical (unpaired) electrons. The molecular weight excluding hydrogens is 320 g/mol. The highest BCUT2D eigenvalue weighted by Crippen LogP contribution is 2.04. The Bertz CT molecular complexity index is 470. The lowest BCUT2D eigenvalue weighted by Gasteiger charge is -2.19. The van der Waals surface area contributed by atoms with E-state index in [-0.39, 0.29) is 5.92 Å². The predicted octanol–water partition coefficient (Wildman–Crippen LogP) is -2.46. The molecule has 0 rings (SSSR count). The fraction of sp³-hybridized carbons (Fsp3) is 0.714. The highest BCUT2D eigenvalue weighted by molar-refractivity contribution is 5.92. The van der Waals surface area contributed by atoms with Gasteiger partial charge in [0.05, 0.1) is 19.2 Å². The van der Waals surface area contributed by atoms with Gasteiger partial charge in [-0.3, -0.25) is 19.2 Å². The van der Waals surface area contributed by atoms with Crippen LogP contribution < -0.4 is 21.7 Å². The molecule has 0 fully saturated rings. The van der Waals surface area contributed by atoms with Crippen molar-refractivity contribution in [3.05, 3.63) is 0 Å². The Kier molecular flexibility index (Phi) is 9.58. The second-order valence-corrected chi connectivity index (χ2v) is 5.50. The Morgan fingerprint density at radius 1 is 1.08 bits per heavy atom. The van der Waals surface area contributed by atoms with Gasteiger partial charge in [-0.05, 0) is 12.8 Å². The molecule has 7 N–H and O–H groups in total. The lowest BCUT2D eigenvalue weighted by Crippen LogP contribution is -2.54. The molecule has 4 unspecified atom stereocenters. The number of aliphatic hydroxyl groups is 1. The second-order valence-electron chi connectivity index (χ2n) is 5.50. The quantitative estimate of drug-likeness (QED) is 0.255. The molecule has 0 aromatic rings. The van der Waals surface area contributed by atoms with Gasteiger partial charge in [-0.15, -0.1) is 0 Å². The lowest BCUT2D eigenvalue weighted by molar-refractivity contribution is -0.142. The molecule has 10 heteroatoms. The van der Waals surface area contributed by atoms with Crippen LogP contribution in [0.1, 0.15) is 27.2 Å². The van der Waals surface area contributed by atoms with Gasteiger partial charge in [0.1, 0.15) is 12.1 Å². The van der Waals surface area contributed by atoms with E-state index in [2.05, 4.69) is 16.0 Å². The van der Waals surface area contributed by atoms with E-state index in [9.17, 15) is 19.2 Å². The van der Waals surface area contributed by atoms with E-state index >= 15 is 0 Å². The largest absolute Gasteiger partial charge is 0.480 e. The number of nitrogens with two attached hydrogens (primary N) is 1. The fourth-order valence-corrected chi connectivity index (χ4v) is 1.61. The number of rotatable bonds is 10. The number of carbonyl (C=O) groups is 4. The van der Waals surface area contributed by atoms with Crippen LogP contribution >= 0.6 is 0 Å². The number of hydrogen-bond donors (Lipinski definition) is 6.